The molecular formula is C24H20BN. The molecule has 0 bridgehead atoms. The molecule has 0 aromatic heterocycles. The van der Waals surface area contributed by atoms with E-state index >= 15 is 0 Å². The Balaban J connectivity index is 1.93. The lowest BCUT2D eigenvalue weighted by Gasteiger charge is -2.32. The minimum Gasteiger partial charge on any atom is -0.377 e. The molecule has 4 rings (SSSR count). The smallest absolute Gasteiger partial charge is 0.328 e. The molecule has 0 saturated heterocycles. The second kappa shape index (κ2) is 7.75. The van der Waals surface area contributed by atoms with E-state index in [2.05, 4.69) is 126 Å². The summed E-state index contributed by atoms with van der Waals surface area (Å²) in [6.45, 7) is 0.0993. The van der Waals surface area contributed by atoms with Crippen LogP contribution < -0.4 is 15.7 Å². The van der Waals surface area contributed by atoms with Crippen molar-refractivity contribution in [1.29, 1.82) is 0 Å². The molecule has 1 nitrogen and oxygen atoms in total. The van der Waals surface area contributed by atoms with Crippen LogP contribution in [0.5, 0.6) is 0 Å². The summed E-state index contributed by atoms with van der Waals surface area (Å²) in [5.74, 6) is 0. The van der Waals surface area contributed by atoms with Crippen molar-refractivity contribution in [3.63, 3.8) is 0 Å². The maximum atomic E-state index is 2.41. The van der Waals surface area contributed by atoms with E-state index in [0.717, 1.165) is 0 Å². The zero-order valence-corrected chi connectivity index (χ0v) is 14.6. The lowest BCUT2D eigenvalue weighted by atomic mass is 9.48. The fourth-order valence-corrected chi connectivity index (χ4v) is 3.39. The second-order valence-corrected chi connectivity index (χ2v) is 6.27. The third-order valence-corrected chi connectivity index (χ3v) is 4.56. The van der Waals surface area contributed by atoms with E-state index in [9.17, 15) is 0 Å². The zero-order chi connectivity index (χ0) is 17.6. The Kier molecular flexibility index (Phi) is 4.84. The first-order chi connectivity index (χ1) is 12.9. The minimum atomic E-state index is 0.0993. The van der Waals surface area contributed by atoms with Gasteiger partial charge in [0.15, 0.2) is 0 Å². The van der Waals surface area contributed by atoms with Gasteiger partial charge in [-0.2, -0.15) is 0 Å². The van der Waals surface area contributed by atoms with E-state index in [-0.39, 0.29) is 6.85 Å². The van der Waals surface area contributed by atoms with Crippen LogP contribution in [0.1, 0.15) is 0 Å². The van der Waals surface area contributed by atoms with Crippen molar-refractivity contribution in [3.8, 4) is 0 Å². The van der Waals surface area contributed by atoms with Gasteiger partial charge >= 0.3 is 6.85 Å². The Morgan fingerprint density at radius 1 is 0.385 bits per heavy atom. The summed E-state index contributed by atoms with van der Waals surface area (Å²) in [4.78, 5) is 2.41. The van der Waals surface area contributed by atoms with Gasteiger partial charge in [-0.3, -0.25) is 0 Å². The van der Waals surface area contributed by atoms with Crippen LogP contribution in [0.3, 0.4) is 0 Å². The lowest BCUT2D eigenvalue weighted by Crippen LogP contribution is -2.54. The van der Waals surface area contributed by atoms with Crippen molar-refractivity contribution in [2.24, 2.45) is 0 Å². The maximum Gasteiger partial charge on any atom is 0.328 e. The molecule has 2 heteroatoms. The fourth-order valence-electron chi connectivity index (χ4n) is 3.39. The van der Waals surface area contributed by atoms with Crippen LogP contribution in [0, 0.1) is 0 Å². The Hall–Kier alpha value is -3.26. The van der Waals surface area contributed by atoms with Gasteiger partial charge in [0.1, 0.15) is 0 Å². The SMILES string of the molecule is c1ccc(B(c2ccccc2)N(c2ccccc2)c2ccccc2)cc1. The van der Waals surface area contributed by atoms with Crippen LogP contribution in [0.4, 0.5) is 11.4 Å². The van der Waals surface area contributed by atoms with E-state index in [1.54, 1.807) is 0 Å². The van der Waals surface area contributed by atoms with Gasteiger partial charge in [0.05, 0.1) is 0 Å². The highest BCUT2D eigenvalue weighted by Gasteiger charge is 2.29. The molecule has 0 saturated carbocycles. The second-order valence-electron chi connectivity index (χ2n) is 6.27. The van der Waals surface area contributed by atoms with E-state index in [0.29, 0.717) is 0 Å². The molecule has 4 aromatic carbocycles. The highest BCUT2D eigenvalue weighted by molar-refractivity contribution is 6.89. The standard InChI is InChI=1S/C24H20BN/c1-5-13-21(14-6-1)25(22-15-7-2-8-16-22)26(23-17-9-3-10-18-23)24-19-11-4-12-20-24/h1-20H. The van der Waals surface area contributed by atoms with E-state index in [1.165, 1.54) is 22.3 Å². The molecule has 0 heterocycles. The molecule has 0 radical (unpaired) electrons. The molecule has 0 unspecified atom stereocenters. The molecule has 0 N–H and O–H groups in total. The highest BCUT2D eigenvalue weighted by Crippen LogP contribution is 2.26. The summed E-state index contributed by atoms with van der Waals surface area (Å²) in [7, 11) is 0. The van der Waals surface area contributed by atoms with Crippen molar-refractivity contribution in [1.82, 2.24) is 0 Å². The average Bonchev–Trinajstić information content (AvgIpc) is 2.74. The summed E-state index contributed by atoms with van der Waals surface area (Å²) >= 11 is 0. The van der Waals surface area contributed by atoms with E-state index in [4.69, 9.17) is 0 Å². The first kappa shape index (κ1) is 16.2. The normalized spacial score (nSPS) is 10.3. The predicted octanol–water partition coefficient (Wildman–Crippen LogP) is 4.63. The van der Waals surface area contributed by atoms with Crippen LogP contribution in [0.15, 0.2) is 121 Å². The van der Waals surface area contributed by atoms with Gasteiger partial charge in [-0.1, -0.05) is 108 Å². The summed E-state index contributed by atoms with van der Waals surface area (Å²) in [5, 5.41) is 0. The van der Waals surface area contributed by atoms with Gasteiger partial charge in [-0.25, -0.2) is 0 Å². The Labute approximate surface area is 155 Å². The van der Waals surface area contributed by atoms with Gasteiger partial charge in [-0.15, -0.1) is 0 Å². The van der Waals surface area contributed by atoms with Gasteiger partial charge in [-0.05, 0) is 24.3 Å². The molecule has 0 aliphatic carbocycles. The minimum absolute atomic E-state index is 0.0993. The summed E-state index contributed by atoms with van der Waals surface area (Å²) in [6, 6.07) is 42.6. The van der Waals surface area contributed by atoms with E-state index < -0.39 is 0 Å². The highest BCUT2D eigenvalue weighted by atomic mass is 15.1. The number of hydrogen-bond donors (Lipinski definition) is 0. The summed E-state index contributed by atoms with van der Waals surface area (Å²) in [6.07, 6.45) is 0. The van der Waals surface area contributed by atoms with Gasteiger partial charge in [0.25, 0.3) is 0 Å². The predicted molar refractivity (Wildman–Crippen MR) is 113 cm³/mol. The molecule has 0 spiro atoms. The van der Waals surface area contributed by atoms with Crippen molar-refractivity contribution < 1.29 is 0 Å². The molecule has 0 fully saturated rings. The first-order valence-electron chi connectivity index (χ1n) is 8.93. The first-order valence-corrected chi connectivity index (χ1v) is 8.93. The average molecular weight is 333 g/mol. The molecule has 0 atom stereocenters. The molecular weight excluding hydrogens is 313 g/mol. The molecule has 0 amide bonds. The third kappa shape index (κ3) is 3.40. The molecule has 0 aliphatic heterocycles. The fraction of sp³-hybridized carbons (Fsp3) is 0. The topological polar surface area (TPSA) is 3.24 Å². The Bertz CT molecular complexity index is 765. The maximum absolute atomic E-state index is 2.41. The molecule has 4 aromatic rings. The van der Waals surface area contributed by atoms with Crippen molar-refractivity contribution in [2.45, 2.75) is 0 Å². The van der Waals surface area contributed by atoms with Gasteiger partial charge < -0.3 is 4.81 Å². The van der Waals surface area contributed by atoms with Crippen LogP contribution in [-0.4, -0.2) is 6.85 Å². The molecule has 124 valence electrons. The third-order valence-electron chi connectivity index (χ3n) is 4.56. The Morgan fingerprint density at radius 2 is 0.692 bits per heavy atom. The zero-order valence-electron chi connectivity index (χ0n) is 14.6. The number of benzene rings is 4. The number of anilines is 2. The number of nitrogens with zero attached hydrogens (tertiary/aromatic N) is 1. The lowest BCUT2D eigenvalue weighted by molar-refractivity contribution is 1.38. The van der Waals surface area contributed by atoms with E-state index in [1.807, 2.05) is 0 Å². The quantitative estimate of drug-likeness (QED) is 0.481. The Morgan fingerprint density at radius 3 is 1.04 bits per heavy atom. The number of hydrogen-bond acceptors (Lipinski definition) is 1. The monoisotopic (exact) mass is 333 g/mol. The van der Waals surface area contributed by atoms with Crippen molar-refractivity contribution in [2.75, 3.05) is 4.81 Å². The number of para-hydroxylation sites is 2. The van der Waals surface area contributed by atoms with Crippen LogP contribution in [-0.2, 0) is 0 Å². The molecule has 26 heavy (non-hydrogen) atoms. The van der Waals surface area contributed by atoms with Gasteiger partial charge in [0.2, 0.25) is 0 Å². The largest absolute Gasteiger partial charge is 0.377 e. The van der Waals surface area contributed by atoms with Crippen LogP contribution >= 0.6 is 0 Å². The number of rotatable bonds is 5. The summed E-state index contributed by atoms with van der Waals surface area (Å²) in [5.41, 5.74) is 4.89. The van der Waals surface area contributed by atoms with Crippen LogP contribution in [0.25, 0.3) is 0 Å². The van der Waals surface area contributed by atoms with Crippen LogP contribution in [0.2, 0.25) is 0 Å². The van der Waals surface area contributed by atoms with Crippen molar-refractivity contribution in [3.05, 3.63) is 121 Å². The molecule has 0 aliphatic rings. The summed E-state index contributed by atoms with van der Waals surface area (Å²) < 4.78 is 0. The van der Waals surface area contributed by atoms with Crippen molar-refractivity contribution >= 4 is 29.1 Å². The van der Waals surface area contributed by atoms with Gasteiger partial charge in [0, 0.05) is 11.4 Å².